The molecule has 6 heteroatoms. The number of halogens is 1. The Morgan fingerprint density at radius 3 is 2.70 bits per heavy atom. The van der Waals surface area contributed by atoms with Crippen LogP contribution in [0, 0.1) is 6.92 Å². The van der Waals surface area contributed by atoms with Gasteiger partial charge < -0.3 is 10.1 Å². The Labute approximate surface area is 163 Å². The summed E-state index contributed by atoms with van der Waals surface area (Å²) in [6.45, 7) is 2.94. The number of hydrogen-bond donors (Lipinski definition) is 2. The van der Waals surface area contributed by atoms with Crippen LogP contribution in [-0.2, 0) is 11.3 Å². The van der Waals surface area contributed by atoms with Crippen LogP contribution in [0.1, 0.15) is 24.0 Å². The Morgan fingerprint density at radius 1 is 1.19 bits per heavy atom. The molecule has 0 aliphatic heterocycles. The molecule has 5 nitrogen and oxygen atoms in total. The summed E-state index contributed by atoms with van der Waals surface area (Å²) >= 11 is 5.99. The minimum atomic E-state index is 0.0172. The smallest absolute Gasteiger partial charge is 0.220 e. The second-order valence-electron chi connectivity index (χ2n) is 6.31. The van der Waals surface area contributed by atoms with E-state index >= 15 is 0 Å². The van der Waals surface area contributed by atoms with Crippen molar-refractivity contribution in [2.45, 2.75) is 26.3 Å². The van der Waals surface area contributed by atoms with E-state index in [0.717, 1.165) is 33.2 Å². The van der Waals surface area contributed by atoms with Gasteiger partial charge in [0.2, 0.25) is 5.91 Å². The molecule has 0 unspecified atom stereocenters. The van der Waals surface area contributed by atoms with Crippen molar-refractivity contribution in [1.29, 1.82) is 0 Å². The molecule has 140 valence electrons. The molecule has 0 spiro atoms. The highest BCUT2D eigenvalue weighted by Crippen LogP contribution is 2.21. The Balaban J connectivity index is 1.36. The Kier molecular flexibility index (Phi) is 6.49. The first-order chi connectivity index (χ1) is 13.1. The second kappa shape index (κ2) is 9.24. The van der Waals surface area contributed by atoms with Gasteiger partial charge in [-0.25, -0.2) is 0 Å². The minimum Gasteiger partial charge on any atom is -0.494 e. The van der Waals surface area contributed by atoms with E-state index in [0.29, 0.717) is 26.0 Å². The zero-order chi connectivity index (χ0) is 19.1. The number of benzene rings is 2. The van der Waals surface area contributed by atoms with Crippen LogP contribution in [0.4, 0.5) is 0 Å². The van der Waals surface area contributed by atoms with E-state index in [2.05, 4.69) is 15.5 Å². The van der Waals surface area contributed by atoms with E-state index in [9.17, 15) is 4.79 Å². The summed E-state index contributed by atoms with van der Waals surface area (Å²) in [6.07, 6.45) is 2.81. The Bertz CT molecular complexity index is 877. The van der Waals surface area contributed by atoms with E-state index in [-0.39, 0.29) is 5.91 Å². The quantitative estimate of drug-likeness (QED) is 0.562. The first-order valence-corrected chi connectivity index (χ1v) is 9.24. The maximum absolute atomic E-state index is 12.0. The number of aromatic nitrogens is 2. The van der Waals surface area contributed by atoms with E-state index in [1.54, 1.807) is 6.20 Å². The number of H-pyrrole nitrogens is 1. The normalized spacial score (nSPS) is 10.6. The fraction of sp³-hybridized carbons (Fsp3) is 0.238. The molecule has 0 aliphatic rings. The third-order valence-electron chi connectivity index (χ3n) is 4.20. The minimum absolute atomic E-state index is 0.0172. The predicted octanol–water partition coefficient (Wildman–Crippen LogP) is 4.51. The van der Waals surface area contributed by atoms with Gasteiger partial charge >= 0.3 is 0 Å². The molecular formula is C21H22ClN3O2. The number of hydrogen-bond acceptors (Lipinski definition) is 3. The number of carbonyl (C=O) groups excluding carboxylic acids is 1. The van der Waals surface area contributed by atoms with Crippen LogP contribution in [0.5, 0.6) is 5.75 Å². The van der Waals surface area contributed by atoms with Gasteiger partial charge in [-0.05, 0) is 54.3 Å². The first-order valence-electron chi connectivity index (χ1n) is 8.86. The molecule has 0 radical (unpaired) electrons. The summed E-state index contributed by atoms with van der Waals surface area (Å²) in [6, 6.07) is 15.5. The molecule has 3 aromatic rings. The van der Waals surface area contributed by atoms with Gasteiger partial charge in [-0.15, -0.1) is 0 Å². The molecule has 1 heterocycles. The van der Waals surface area contributed by atoms with Gasteiger partial charge in [-0.3, -0.25) is 9.89 Å². The third kappa shape index (κ3) is 5.59. The van der Waals surface area contributed by atoms with E-state index in [4.69, 9.17) is 16.3 Å². The van der Waals surface area contributed by atoms with Gasteiger partial charge in [0.05, 0.1) is 12.3 Å². The number of carbonyl (C=O) groups is 1. The number of nitrogens with zero attached hydrogens (tertiary/aromatic N) is 1. The molecule has 0 fully saturated rings. The number of amides is 1. The zero-order valence-corrected chi connectivity index (χ0v) is 15.9. The average molecular weight is 384 g/mol. The fourth-order valence-corrected chi connectivity index (χ4v) is 2.76. The topological polar surface area (TPSA) is 67.0 Å². The van der Waals surface area contributed by atoms with Gasteiger partial charge in [0.15, 0.2) is 0 Å². The van der Waals surface area contributed by atoms with Crippen LogP contribution in [0.2, 0.25) is 5.02 Å². The Hall–Kier alpha value is -2.79. The van der Waals surface area contributed by atoms with Gasteiger partial charge in [-0.2, -0.15) is 5.10 Å². The maximum Gasteiger partial charge on any atom is 0.220 e. The molecular weight excluding hydrogens is 362 g/mol. The SMILES string of the molecule is Cc1cc(OCCCC(=O)NCc2ccc(-c3ccn[nH]3)cc2)ccc1Cl. The third-order valence-corrected chi connectivity index (χ3v) is 4.63. The van der Waals surface area contributed by atoms with Crippen LogP contribution in [0.3, 0.4) is 0 Å². The number of nitrogens with one attached hydrogen (secondary N) is 2. The van der Waals surface area contributed by atoms with E-state index < -0.39 is 0 Å². The number of aromatic amines is 1. The van der Waals surface area contributed by atoms with Crippen molar-refractivity contribution >= 4 is 17.5 Å². The molecule has 2 N–H and O–H groups in total. The number of aryl methyl sites for hydroxylation is 1. The number of ether oxygens (including phenoxy) is 1. The fourth-order valence-electron chi connectivity index (χ4n) is 2.64. The van der Waals surface area contributed by atoms with Crippen LogP contribution in [0.25, 0.3) is 11.3 Å². The molecule has 3 rings (SSSR count). The lowest BCUT2D eigenvalue weighted by atomic mass is 10.1. The summed E-state index contributed by atoms with van der Waals surface area (Å²) in [7, 11) is 0. The molecule has 0 saturated carbocycles. The zero-order valence-electron chi connectivity index (χ0n) is 15.2. The van der Waals surface area contributed by atoms with Crippen molar-refractivity contribution in [3.63, 3.8) is 0 Å². The summed E-state index contributed by atoms with van der Waals surface area (Å²) in [4.78, 5) is 12.0. The van der Waals surface area contributed by atoms with Crippen molar-refractivity contribution in [2.75, 3.05) is 6.61 Å². The van der Waals surface area contributed by atoms with Crippen molar-refractivity contribution in [3.8, 4) is 17.0 Å². The van der Waals surface area contributed by atoms with E-state index in [1.807, 2.05) is 55.5 Å². The highest BCUT2D eigenvalue weighted by molar-refractivity contribution is 6.31. The van der Waals surface area contributed by atoms with Gasteiger partial charge in [0.1, 0.15) is 5.75 Å². The molecule has 1 amide bonds. The average Bonchev–Trinajstić information content (AvgIpc) is 3.21. The molecule has 0 aliphatic carbocycles. The highest BCUT2D eigenvalue weighted by Gasteiger charge is 2.04. The Morgan fingerprint density at radius 2 is 2.00 bits per heavy atom. The van der Waals surface area contributed by atoms with Crippen molar-refractivity contribution in [3.05, 3.63) is 70.9 Å². The molecule has 27 heavy (non-hydrogen) atoms. The monoisotopic (exact) mass is 383 g/mol. The van der Waals surface area contributed by atoms with Gasteiger partial charge in [0, 0.05) is 24.2 Å². The molecule has 0 bridgehead atoms. The summed E-state index contributed by atoms with van der Waals surface area (Å²) in [5, 5.41) is 10.5. The molecule has 1 aromatic heterocycles. The van der Waals surface area contributed by atoms with Crippen LogP contribution < -0.4 is 10.1 Å². The summed E-state index contributed by atoms with van der Waals surface area (Å²) < 4.78 is 5.66. The largest absolute Gasteiger partial charge is 0.494 e. The summed E-state index contributed by atoms with van der Waals surface area (Å²) in [5.74, 6) is 0.790. The van der Waals surface area contributed by atoms with Crippen molar-refractivity contribution in [1.82, 2.24) is 15.5 Å². The highest BCUT2D eigenvalue weighted by atomic mass is 35.5. The van der Waals surface area contributed by atoms with Gasteiger partial charge in [0.25, 0.3) is 0 Å². The van der Waals surface area contributed by atoms with E-state index in [1.165, 1.54) is 0 Å². The van der Waals surface area contributed by atoms with Crippen LogP contribution in [-0.4, -0.2) is 22.7 Å². The summed E-state index contributed by atoms with van der Waals surface area (Å²) in [5.41, 5.74) is 4.07. The van der Waals surface area contributed by atoms with Crippen LogP contribution >= 0.6 is 11.6 Å². The van der Waals surface area contributed by atoms with Gasteiger partial charge in [-0.1, -0.05) is 35.9 Å². The first kappa shape index (κ1) is 19.0. The van der Waals surface area contributed by atoms with Crippen LogP contribution in [0.15, 0.2) is 54.7 Å². The van der Waals surface area contributed by atoms with Crippen molar-refractivity contribution < 1.29 is 9.53 Å². The standard InChI is InChI=1S/C21H22ClN3O2/c1-15-13-18(8-9-19(15)22)27-12-2-3-21(26)23-14-16-4-6-17(7-5-16)20-10-11-24-25-20/h4-11,13H,2-3,12,14H2,1H3,(H,23,26)(H,24,25). The number of rotatable bonds is 8. The van der Waals surface area contributed by atoms with Crippen molar-refractivity contribution in [2.24, 2.45) is 0 Å². The molecule has 2 aromatic carbocycles. The molecule has 0 atom stereocenters. The molecule has 0 saturated heterocycles. The lowest BCUT2D eigenvalue weighted by molar-refractivity contribution is -0.121. The second-order valence-corrected chi connectivity index (χ2v) is 6.71. The lowest BCUT2D eigenvalue weighted by Crippen LogP contribution is -2.22. The lowest BCUT2D eigenvalue weighted by Gasteiger charge is -2.08. The predicted molar refractivity (Wildman–Crippen MR) is 107 cm³/mol. The maximum atomic E-state index is 12.0.